The van der Waals surface area contributed by atoms with Crippen molar-refractivity contribution >= 4 is 23.6 Å². The van der Waals surface area contributed by atoms with Crippen LogP contribution in [0.4, 0.5) is 0 Å². The molecule has 34 heavy (non-hydrogen) atoms. The number of likely N-dealkylation sites (N-methyl/N-ethyl adjacent to an activating group) is 1. The lowest BCUT2D eigenvalue weighted by Crippen LogP contribution is -2.49. The molecule has 188 valence electrons. The van der Waals surface area contributed by atoms with Gasteiger partial charge >= 0.3 is 0 Å². The number of nitrogens with two attached hydrogens (primary N) is 1. The van der Waals surface area contributed by atoms with Gasteiger partial charge < -0.3 is 31.3 Å². The number of amides is 4. The van der Waals surface area contributed by atoms with Gasteiger partial charge in [0.15, 0.2) is 6.61 Å². The van der Waals surface area contributed by atoms with Gasteiger partial charge in [0.05, 0.1) is 6.04 Å². The molecule has 3 rings (SSSR count). The van der Waals surface area contributed by atoms with Crippen molar-refractivity contribution in [3.63, 3.8) is 0 Å². The maximum absolute atomic E-state index is 12.9. The Hall–Kier alpha value is -3.14. The first-order chi connectivity index (χ1) is 16.2. The third-order valence-corrected chi connectivity index (χ3v) is 5.45. The van der Waals surface area contributed by atoms with E-state index >= 15 is 0 Å². The fourth-order valence-electron chi connectivity index (χ4n) is 3.56. The van der Waals surface area contributed by atoms with Crippen LogP contribution in [0.25, 0.3) is 0 Å². The topological polar surface area (TPSA) is 143 Å². The molecule has 0 unspecified atom stereocenters. The van der Waals surface area contributed by atoms with Crippen molar-refractivity contribution in [1.82, 2.24) is 20.9 Å². The van der Waals surface area contributed by atoms with E-state index in [4.69, 9.17) is 10.5 Å². The summed E-state index contributed by atoms with van der Waals surface area (Å²) < 4.78 is 5.50. The van der Waals surface area contributed by atoms with Crippen molar-refractivity contribution in [2.75, 3.05) is 33.3 Å². The number of carbonyl (C=O) groups is 4. The first kappa shape index (κ1) is 27.1. The molecule has 2 aliphatic heterocycles. The van der Waals surface area contributed by atoms with Crippen LogP contribution in [0, 0.1) is 5.92 Å². The smallest absolute Gasteiger partial charge is 0.258 e. The van der Waals surface area contributed by atoms with Crippen LogP contribution < -0.4 is 26.4 Å². The molecule has 0 saturated heterocycles. The molecule has 1 aromatic rings. The highest BCUT2D eigenvalue weighted by Gasteiger charge is 2.25. The highest BCUT2D eigenvalue weighted by molar-refractivity contribution is 5.87. The summed E-state index contributed by atoms with van der Waals surface area (Å²) in [5.41, 5.74) is 6.87. The number of fused-ring (bicyclic) bond motifs is 19. The van der Waals surface area contributed by atoms with Crippen molar-refractivity contribution in [3.05, 3.63) is 29.8 Å². The van der Waals surface area contributed by atoms with Gasteiger partial charge in [0.2, 0.25) is 17.7 Å². The lowest BCUT2D eigenvalue weighted by Gasteiger charge is -2.26. The second-order valence-corrected chi connectivity index (χ2v) is 9.00. The van der Waals surface area contributed by atoms with Crippen LogP contribution in [0.5, 0.6) is 5.75 Å². The fraction of sp³-hybridized carbons (Fsp3) is 0.583. The lowest BCUT2D eigenvalue weighted by molar-refractivity contribution is -0.136. The van der Waals surface area contributed by atoms with Crippen LogP contribution in [-0.4, -0.2) is 73.9 Å². The van der Waals surface area contributed by atoms with Crippen LogP contribution in [-0.2, 0) is 25.6 Å². The van der Waals surface area contributed by atoms with E-state index in [2.05, 4.69) is 16.0 Å². The third-order valence-electron chi connectivity index (χ3n) is 5.45. The molecule has 4 amide bonds. The predicted molar refractivity (Wildman–Crippen MR) is 128 cm³/mol. The molecule has 2 heterocycles. The van der Waals surface area contributed by atoms with Gasteiger partial charge in [-0.2, -0.15) is 0 Å². The standard InChI is InChI=1S/C24H37N5O5/c1-16(2)13-20-24(33)29(3)12-11-26-22(31)15-34-18-8-6-17(7-9-18)14-19(25)23(32)27-10-4-5-21(30)28-20/h6-9,16,19-20H,4-5,10-15,25H2,1-3H3,(H,26,31)(H,27,32)(H,28,30)/t19-,20-/m0/s1. The van der Waals surface area contributed by atoms with Crippen LogP contribution in [0.1, 0.15) is 38.7 Å². The largest absolute Gasteiger partial charge is 0.484 e. The fourth-order valence-corrected chi connectivity index (χ4v) is 3.56. The second-order valence-electron chi connectivity index (χ2n) is 9.00. The van der Waals surface area contributed by atoms with Gasteiger partial charge in [-0.25, -0.2) is 0 Å². The normalized spacial score (nSPS) is 22.2. The molecule has 0 aliphatic carbocycles. The number of carbonyl (C=O) groups excluding carboxylic acids is 4. The van der Waals surface area contributed by atoms with Crippen LogP contribution in [0.2, 0.25) is 0 Å². The number of hydrogen-bond acceptors (Lipinski definition) is 6. The summed E-state index contributed by atoms with van der Waals surface area (Å²) in [5, 5.41) is 8.31. The maximum Gasteiger partial charge on any atom is 0.258 e. The van der Waals surface area contributed by atoms with E-state index in [1.54, 1.807) is 31.3 Å². The van der Waals surface area contributed by atoms with E-state index in [9.17, 15) is 19.2 Å². The molecule has 0 saturated carbocycles. The lowest BCUT2D eigenvalue weighted by atomic mass is 10.0. The Morgan fingerprint density at radius 3 is 2.44 bits per heavy atom. The summed E-state index contributed by atoms with van der Waals surface area (Å²) in [4.78, 5) is 51.2. The molecule has 0 radical (unpaired) electrons. The summed E-state index contributed by atoms with van der Waals surface area (Å²) in [5.74, 6) is -0.342. The Morgan fingerprint density at radius 1 is 1.06 bits per heavy atom. The van der Waals surface area contributed by atoms with Crippen molar-refractivity contribution in [1.29, 1.82) is 0 Å². The van der Waals surface area contributed by atoms with Crippen LogP contribution in [0.3, 0.4) is 0 Å². The molecule has 2 bridgehead atoms. The van der Waals surface area contributed by atoms with E-state index in [0.717, 1.165) is 5.56 Å². The van der Waals surface area contributed by atoms with Gasteiger partial charge in [-0.15, -0.1) is 0 Å². The second kappa shape index (κ2) is 13.5. The molecule has 0 spiro atoms. The first-order valence-corrected chi connectivity index (χ1v) is 11.7. The molecule has 10 heteroatoms. The number of rotatable bonds is 2. The van der Waals surface area contributed by atoms with Gasteiger partial charge in [0.1, 0.15) is 11.8 Å². The Kier molecular flexibility index (Phi) is 10.8. The quantitative estimate of drug-likeness (QED) is 0.442. The molecule has 10 nitrogen and oxygen atoms in total. The summed E-state index contributed by atoms with van der Waals surface area (Å²) in [6.45, 7) is 4.68. The summed E-state index contributed by atoms with van der Waals surface area (Å²) >= 11 is 0. The monoisotopic (exact) mass is 475 g/mol. The maximum atomic E-state index is 12.9. The van der Waals surface area contributed by atoms with Gasteiger partial charge in [0, 0.05) is 33.1 Å². The molecular weight excluding hydrogens is 438 g/mol. The SMILES string of the molecule is CC(C)C[C@@H]1NC(=O)CCCNC(=O)[C@@H](N)Cc2ccc(cc2)OCC(=O)NCCN(C)C1=O. The number of nitrogens with zero attached hydrogens (tertiary/aromatic N) is 1. The van der Waals surface area contributed by atoms with Gasteiger partial charge in [-0.3, -0.25) is 19.2 Å². The Balaban J connectivity index is 2.07. The van der Waals surface area contributed by atoms with Gasteiger partial charge in [-0.1, -0.05) is 26.0 Å². The van der Waals surface area contributed by atoms with E-state index in [1.807, 2.05) is 13.8 Å². The zero-order valence-corrected chi connectivity index (χ0v) is 20.3. The predicted octanol–water partition coefficient (Wildman–Crippen LogP) is -0.0493. The summed E-state index contributed by atoms with van der Waals surface area (Å²) in [6.07, 6.45) is 1.46. The average molecular weight is 476 g/mol. The third kappa shape index (κ3) is 9.38. The molecule has 2 aliphatic rings. The highest BCUT2D eigenvalue weighted by Crippen LogP contribution is 2.13. The van der Waals surface area contributed by atoms with Crippen molar-refractivity contribution in [2.24, 2.45) is 11.7 Å². The van der Waals surface area contributed by atoms with Gasteiger partial charge in [0.25, 0.3) is 5.91 Å². The number of benzene rings is 1. The van der Waals surface area contributed by atoms with E-state index in [-0.39, 0.29) is 49.1 Å². The minimum absolute atomic E-state index is 0.162. The van der Waals surface area contributed by atoms with Crippen molar-refractivity contribution in [3.8, 4) is 5.75 Å². The van der Waals surface area contributed by atoms with Crippen molar-refractivity contribution in [2.45, 2.75) is 51.6 Å². The molecule has 0 fully saturated rings. The number of nitrogens with one attached hydrogen (secondary N) is 3. The van der Waals surface area contributed by atoms with E-state index < -0.39 is 12.1 Å². The molecule has 0 aromatic heterocycles. The van der Waals surface area contributed by atoms with Crippen LogP contribution >= 0.6 is 0 Å². The zero-order chi connectivity index (χ0) is 25.1. The van der Waals surface area contributed by atoms with Gasteiger partial charge in [-0.05, 0) is 42.9 Å². The molecule has 5 N–H and O–H groups in total. The molecule has 1 aromatic carbocycles. The highest BCUT2D eigenvalue weighted by atomic mass is 16.5. The van der Waals surface area contributed by atoms with E-state index in [0.29, 0.717) is 38.1 Å². The Morgan fingerprint density at radius 2 is 1.76 bits per heavy atom. The molecular formula is C24H37N5O5. The first-order valence-electron chi connectivity index (χ1n) is 11.7. The minimum Gasteiger partial charge on any atom is -0.484 e. The summed E-state index contributed by atoms with van der Waals surface area (Å²) in [7, 11) is 1.64. The Bertz CT molecular complexity index is 843. The summed E-state index contributed by atoms with van der Waals surface area (Å²) in [6, 6.07) is 5.65. The van der Waals surface area contributed by atoms with E-state index in [1.165, 1.54) is 4.90 Å². The van der Waals surface area contributed by atoms with Crippen LogP contribution in [0.15, 0.2) is 24.3 Å². The Labute approximate surface area is 201 Å². The average Bonchev–Trinajstić information content (AvgIpc) is 2.79. The van der Waals surface area contributed by atoms with Crippen molar-refractivity contribution < 1.29 is 23.9 Å². The number of ether oxygens (including phenoxy) is 1. The zero-order valence-electron chi connectivity index (χ0n) is 20.3. The number of hydrogen-bond donors (Lipinski definition) is 4. The molecule has 2 atom stereocenters. The minimum atomic E-state index is -0.729.